The van der Waals surface area contributed by atoms with Crippen molar-refractivity contribution in [1.29, 1.82) is 0 Å². The Balaban J connectivity index is 3.30. The zero-order valence-electron chi connectivity index (χ0n) is 8.55. The molecule has 0 radical (unpaired) electrons. The first kappa shape index (κ1) is 12.4. The fourth-order valence-corrected chi connectivity index (χ4v) is 1.14. The Bertz CT molecular complexity index is 152. The van der Waals surface area contributed by atoms with E-state index < -0.39 is 5.97 Å². The van der Waals surface area contributed by atoms with Gasteiger partial charge in [-0.05, 0) is 18.3 Å². The highest BCUT2D eigenvalue weighted by Gasteiger charge is 2.15. The Kier molecular flexibility index (Phi) is 5.71. The lowest BCUT2D eigenvalue weighted by Gasteiger charge is -2.20. The van der Waals surface area contributed by atoms with Crippen molar-refractivity contribution in [3.63, 3.8) is 0 Å². The van der Waals surface area contributed by atoms with Gasteiger partial charge in [0, 0.05) is 13.0 Å². The van der Waals surface area contributed by atoms with Gasteiger partial charge in [-0.3, -0.25) is 4.79 Å². The minimum Gasteiger partial charge on any atom is -0.481 e. The van der Waals surface area contributed by atoms with Crippen molar-refractivity contribution in [2.45, 2.75) is 46.0 Å². The van der Waals surface area contributed by atoms with Gasteiger partial charge in [-0.2, -0.15) is 0 Å². The topological polar surface area (TPSA) is 57.5 Å². The predicted molar refractivity (Wildman–Crippen MR) is 51.6 cm³/mol. The van der Waals surface area contributed by atoms with Gasteiger partial charge in [0.15, 0.2) is 0 Å². The van der Waals surface area contributed by atoms with Crippen molar-refractivity contribution in [3.8, 4) is 0 Å². The number of carboxylic acid groups (broad SMARTS) is 1. The molecule has 0 aromatic rings. The molecule has 3 heteroatoms. The van der Waals surface area contributed by atoms with Crippen LogP contribution in [-0.2, 0) is 4.79 Å². The Morgan fingerprint density at radius 2 is 1.85 bits per heavy atom. The van der Waals surface area contributed by atoms with Crippen LogP contribution in [0.1, 0.15) is 46.0 Å². The Morgan fingerprint density at radius 3 is 2.31 bits per heavy atom. The van der Waals surface area contributed by atoms with Crippen LogP contribution < -0.4 is 0 Å². The van der Waals surface area contributed by atoms with Crippen LogP contribution in [0.25, 0.3) is 0 Å². The van der Waals surface area contributed by atoms with Gasteiger partial charge < -0.3 is 10.2 Å². The third-order valence-electron chi connectivity index (χ3n) is 2.17. The van der Waals surface area contributed by atoms with Gasteiger partial charge in [0.05, 0.1) is 0 Å². The highest BCUT2D eigenvalue weighted by atomic mass is 16.4. The van der Waals surface area contributed by atoms with Crippen molar-refractivity contribution < 1.29 is 15.0 Å². The predicted octanol–water partition coefficient (Wildman–Crippen LogP) is 2.04. The van der Waals surface area contributed by atoms with Gasteiger partial charge in [-0.15, -0.1) is 0 Å². The molecule has 0 unspecified atom stereocenters. The first-order valence-electron chi connectivity index (χ1n) is 4.80. The van der Waals surface area contributed by atoms with E-state index in [1.165, 1.54) is 0 Å². The Hall–Kier alpha value is -0.570. The van der Waals surface area contributed by atoms with E-state index in [2.05, 4.69) is 0 Å². The monoisotopic (exact) mass is 188 g/mol. The fraction of sp³-hybridized carbons (Fsp3) is 0.900. The third kappa shape index (κ3) is 7.78. The first-order valence-corrected chi connectivity index (χ1v) is 4.80. The van der Waals surface area contributed by atoms with Crippen LogP contribution in [0.5, 0.6) is 0 Å². The summed E-state index contributed by atoms with van der Waals surface area (Å²) in [5.74, 6) is -0.721. The Morgan fingerprint density at radius 1 is 1.23 bits per heavy atom. The van der Waals surface area contributed by atoms with Crippen molar-refractivity contribution >= 4 is 5.97 Å². The maximum atomic E-state index is 10.2. The smallest absolute Gasteiger partial charge is 0.303 e. The molecule has 13 heavy (non-hydrogen) atoms. The van der Waals surface area contributed by atoms with E-state index in [0.29, 0.717) is 0 Å². The highest BCUT2D eigenvalue weighted by molar-refractivity contribution is 5.66. The molecule has 0 rings (SSSR count). The summed E-state index contributed by atoms with van der Waals surface area (Å²) in [5.41, 5.74) is -0.0107. The van der Waals surface area contributed by atoms with Crippen molar-refractivity contribution in [1.82, 2.24) is 0 Å². The maximum absolute atomic E-state index is 10.2. The van der Waals surface area contributed by atoms with E-state index in [1.807, 2.05) is 13.8 Å². The average molecular weight is 188 g/mol. The van der Waals surface area contributed by atoms with Gasteiger partial charge >= 0.3 is 5.97 Å². The second kappa shape index (κ2) is 5.97. The molecule has 0 bridgehead atoms. The molecule has 3 nitrogen and oxygen atoms in total. The SMILES string of the molecule is CC(C)(CO)CCCCCC(=O)O. The molecule has 0 atom stereocenters. The fourth-order valence-electron chi connectivity index (χ4n) is 1.14. The maximum Gasteiger partial charge on any atom is 0.303 e. The first-order chi connectivity index (χ1) is 5.98. The van der Waals surface area contributed by atoms with E-state index in [-0.39, 0.29) is 18.4 Å². The molecule has 78 valence electrons. The van der Waals surface area contributed by atoms with Gasteiger partial charge in [0.25, 0.3) is 0 Å². The van der Waals surface area contributed by atoms with E-state index in [4.69, 9.17) is 10.2 Å². The van der Waals surface area contributed by atoms with E-state index in [9.17, 15) is 4.79 Å². The zero-order valence-corrected chi connectivity index (χ0v) is 8.55. The summed E-state index contributed by atoms with van der Waals surface area (Å²) in [7, 11) is 0. The summed E-state index contributed by atoms with van der Waals surface area (Å²) in [6.45, 7) is 4.24. The zero-order chi connectivity index (χ0) is 10.3. The summed E-state index contributed by atoms with van der Waals surface area (Å²) in [4.78, 5) is 10.2. The van der Waals surface area contributed by atoms with E-state index in [1.54, 1.807) is 0 Å². The molecule has 0 aromatic heterocycles. The number of hydrogen-bond donors (Lipinski definition) is 2. The summed E-state index contributed by atoms with van der Waals surface area (Å²) < 4.78 is 0. The number of aliphatic hydroxyl groups is 1. The van der Waals surface area contributed by atoms with Crippen molar-refractivity contribution in [3.05, 3.63) is 0 Å². The van der Waals surface area contributed by atoms with Crippen LogP contribution >= 0.6 is 0 Å². The largest absolute Gasteiger partial charge is 0.481 e. The molecular weight excluding hydrogens is 168 g/mol. The number of hydrogen-bond acceptors (Lipinski definition) is 2. The summed E-state index contributed by atoms with van der Waals surface area (Å²) in [6, 6.07) is 0. The minimum atomic E-state index is -0.721. The number of carbonyl (C=O) groups is 1. The van der Waals surface area contributed by atoms with Crippen LogP contribution in [0.4, 0.5) is 0 Å². The second-order valence-electron chi connectivity index (χ2n) is 4.28. The van der Waals surface area contributed by atoms with Crippen LogP contribution in [0, 0.1) is 5.41 Å². The molecule has 0 amide bonds. The van der Waals surface area contributed by atoms with Gasteiger partial charge in [0.2, 0.25) is 0 Å². The van der Waals surface area contributed by atoms with Gasteiger partial charge in [-0.1, -0.05) is 26.7 Å². The molecule has 0 aliphatic heterocycles. The van der Waals surface area contributed by atoms with Crippen molar-refractivity contribution in [2.24, 2.45) is 5.41 Å². The van der Waals surface area contributed by atoms with Gasteiger partial charge in [0.1, 0.15) is 0 Å². The molecule has 0 saturated heterocycles. The lowest BCUT2D eigenvalue weighted by molar-refractivity contribution is -0.137. The lowest BCUT2D eigenvalue weighted by atomic mass is 9.88. The highest BCUT2D eigenvalue weighted by Crippen LogP contribution is 2.22. The number of aliphatic hydroxyl groups excluding tert-OH is 1. The quantitative estimate of drug-likeness (QED) is 0.601. The van der Waals surface area contributed by atoms with Crippen LogP contribution in [0.3, 0.4) is 0 Å². The average Bonchev–Trinajstić information content (AvgIpc) is 2.03. The number of rotatable bonds is 7. The van der Waals surface area contributed by atoms with Crippen molar-refractivity contribution in [2.75, 3.05) is 6.61 Å². The summed E-state index contributed by atoms with van der Waals surface area (Å²) in [5, 5.41) is 17.3. The minimum absolute atomic E-state index is 0.0107. The van der Waals surface area contributed by atoms with E-state index in [0.717, 1.165) is 25.7 Å². The molecule has 2 N–H and O–H groups in total. The second-order valence-corrected chi connectivity index (χ2v) is 4.28. The Labute approximate surface area is 79.8 Å². The molecule has 0 aliphatic carbocycles. The van der Waals surface area contributed by atoms with Crippen LogP contribution in [0.15, 0.2) is 0 Å². The molecule has 0 saturated carbocycles. The molecule has 0 aliphatic rings. The molecule has 0 spiro atoms. The molecule has 0 heterocycles. The lowest BCUT2D eigenvalue weighted by Crippen LogP contribution is -2.16. The molecule has 0 fully saturated rings. The summed E-state index contributed by atoms with van der Waals surface area (Å²) in [6.07, 6.45) is 3.91. The van der Waals surface area contributed by atoms with E-state index >= 15 is 0 Å². The summed E-state index contributed by atoms with van der Waals surface area (Å²) >= 11 is 0. The standard InChI is InChI=1S/C10H20O3/c1-10(2,8-11)7-5-3-4-6-9(12)13/h11H,3-8H2,1-2H3,(H,12,13). The normalized spacial score (nSPS) is 11.6. The van der Waals surface area contributed by atoms with Crippen LogP contribution in [0.2, 0.25) is 0 Å². The number of aliphatic carboxylic acids is 1. The number of carboxylic acids is 1. The van der Waals surface area contributed by atoms with Crippen LogP contribution in [-0.4, -0.2) is 22.8 Å². The number of unbranched alkanes of at least 4 members (excludes halogenated alkanes) is 2. The van der Waals surface area contributed by atoms with Gasteiger partial charge in [-0.25, -0.2) is 0 Å². The molecular formula is C10H20O3. The molecule has 0 aromatic carbocycles. The third-order valence-corrected chi connectivity index (χ3v) is 2.17.